The maximum absolute atomic E-state index is 14.5. The number of halogens is 1. The van der Waals surface area contributed by atoms with Gasteiger partial charge in [0, 0.05) is 11.8 Å². The number of hydrogen-bond acceptors (Lipinski definition) is 3. The topological polar surface area (TPSA) is 42.4 Å². The Morgan fingerprint density at radius 1 is 0.906 bits per heavy atom. The number of nitrogens with zero attached hydrogens (tertiary/aromatic N) is 1. The molecule has 32 heavy (non-hydrogen) atoms. The molecule has 1 aromatic heterocycles. The van der Waals surface area contributed by atoms with Crippen molar-refractivity contribution in [1.29, 1.82) is 0 Å². The van der Waals surface area contributed by atoms with E-state index in [1.165, 1.54) is 19.3 Å². The molecule has 0 aliphatic heterocycles. The lowest BCUT2D eigenvalue weighted by molar-refractivity contribution is 0.0882. The van der Waals surface area contributed by atoms with Crippen LogP contribution >= 0.6 is 0 Å². The van der Waals surface area contributed by atoms with Gasteiger partial charge in [0.25, 0.3) is 0 Å². The number of pyridine rings is 1. The lowest BCUT2D eigenvalue weighted by atomic mass is 10.0. The number of rotatable bonds is 16. The maximum atomic E-state index is 14.5. The Morgan fingerprint density at radius 3 is 2.38 bits per heavy atom. The van der Waals surface area contributed by atoms with Crippen molar-refractivity contribution in [3.05, 3.63) is 48.2 Å². The van der Waals surface area contributed by atoms with E-state index in [1.807, 2.05) is 43.5 Å². The number of alkyl halides is 1. The van der Waals surface area contributed by atoms with Crippen LogP contribution in [-0.2, 0) is 6.42 Å². The van der Waals surface area contributed by atoms with Crippen LogP contribution in [0.15, 0.2) is 42.6 Å². The van der Waals surface area contributed by atoms with Gasteiger partial charge in [-0.3, -0.25) is 4.98 Å². The number of hydrogen-bond donors (Lipinski definition) is 1. The third-order valence-electron chi connectivity index (χ3n) is 6.06. The van der Waals surface area contributed by atoms with Gasteiger partial charge in [0.05, 0.1) is 11.8 Å². The molecule has 2 rings (SSSR count). The molecule has 1 N–H and O–H groups in total. The molecular formula is C28H42FNO2. The molecule has 0 spiro atoms. The number of benzene rings is 1. The van der Waals surface area contributed by atoms with Crippen molar-refractivity contribution in [3.63, 3.8) is 0 Å². The molecule has 2 aromatic rings. The molecule has 1 aromatic carbocycles. The van der Waals surface area contributed by atoms with Crippen LogP contribution in [0.1, 0.15) is 90.5 Å². The third-order valence-corrected chi connectivity index (χ3v) is 6.06. The van der Waals surface area contributed by atoms with Crippen LogP contribution in [0.5, 0.6) is 5.75 Å². The number of unbranched alkanes of at least 4 members (excludes halogenated alkanes) is 4. The Labute approximate surface area is 194 Å². The fourth-order valence-electron chi connectivity index (χ4n) is 3.94. The Balaban J connectivity index is 2.00. The quantitative estimate of drug-likeness (QED) is 0.270. The monoisotopic (exact) mass is 443 g/mol. The predicted molar refractivity (Wildman–Crippen MR) is 132 cm³/mol. The van der Waals surface area contributed by atoms with E-state index in [0.717, 1.165) is 55.3 Å². The zero-order valence-electron chi connectivity index (χ0n) is 20.2. The standard InChI is InChI=1S/C28H42FNO2/c1-4-7-9-10-13-23(31)19-17-22-18-20-26(30-21-22)24-14-11-12-16-27(24)32-28(15-8-5-2)25(29)6-3/h11-12,14,16,18,20-21,23,25,28,31H,4-10,13,15,17,19H2,1-3H3. The van der Waals surface area contributed by atoms with Crippen LogP contribution in [0.2, 0.25) is 0 Å². The average Bonchev–Trinajstić information content (AvgIpc) is 2.83. The van der Waals surface area contributed by atoms with Crippen LogP contribution in [0.4, 0.5) is 4.39 Å². The molecule has 0 bridgehead atoms. The van der Waals surface area contributed by atoms with E-state index in [4.69, 9.17) is 4.74 Å². The lowest BCUT2D eigenvalue weighted by Crippen LogP contribution is -2.28. The van der Waals surface area contributed by atoms with Gasteiger partial charge in [-0.25, -0.2) is 4.39 Å². The summed E-state index contributed by atoms with van der Waals surface area (Å²) in [5.74, 6) is 0.687. The molecule has 0 saturated carbocycles. The van der Waals surface area contributed by atoms with Crippen molar-refractivity contribution in [2.75, 3.05) is 0 Å². The second-order valence-corrected chi connectivity index (χ2v) is 8.81. The highest BCUT2D eigenvalue weighted by atomic mass is 19.1. The normalized spacial score (nSPS) is 14.2. The van der Waals surface area contributed by atoms with E-state index in [1.54, 1.807) is 0 Å². The van der Waals surface area contributed by atoms with Crippen molar-refractivity contribution in [3.8, 4) is 17.0 Å². The van der Waals surface area contributed by atoms with E-state index in [0.29, 0.717) is 18.6 Å². The molecule has 3 atom stereocenters. The fraction of sp³-hybridized carbons (Fsp3) is 0.607. The second kappa shape index (κ2) is 15.0. The summed E-state index contributed by atoms with van der Waals surface area (Å²) in [7, 11) is 0. The second-order valence-electron chi connectivity index (χ2n) is 8.81. The minimum atomic E-state index is -0.974. The lowest BCUT2D eigenvalue weighted by Gasteiger charge is -2.23. The van der Waals surface area contributed by atoms with Crippen molar-refractivity contribution >= 4 is 0 Å². The van der Waals surface area contributed by atoms with Gasteiger partial charge >= 0.3 is 0 Å². The number of aryl methyl sites for hydroxylation is 1. The molecule has 0 amide bonds. The SMILES string of the molecule is CCCCCCC(O)CCc1ccc(-c2ccccc2OC(CCCC)C(F)CC)nc1. The van der Waals surface area contributed by atoms with E-state index < -0.39 is 12.3 Å². The first-order valence-corrected chi connectivity index (χ1v) is 12.6. The molecule has 0 saturated heterocycles. The largest absolute Gasteiger partial charge is 0.487 e. The Hall–Kier alpha value is -1.94. The van der Waals surface area contributed by atoms with Gasteiger partial charge in [0.1, 0.15) is 18.0 Å². The summed E-state index contributed by atoms with van der Waals surface area (Å²) in [6, 6.07) is 11.8. The molecule has 3 unspecified atom stereocenters. The highest BCUT2D eigenvalue weighted by Gasteiger charge is 2.22. The Bertz CT molecular complexity index is 749. The first-order valence-electron chi connectivity index (χ1n) is 12.6. The first kappa shape index (κ1) is 26.3. The molecule has 3 nitrogen and oxygen atoms in total. The highest BCUT2D eigenvalue weighted by molar-refractivity contribution is 5.67. The van der Waals surface area contributed by atoms with Gasteiger partial charge in [0.15, 0.2) is 0 Å². The minimum absolute atomic E-state index is 0.243. The van der Waals surface area contributed by atoms with Crippen molar-refractivity contribution < 1.29 is 14.2 Å². The maximum Gasteiger partial charge on any atom is 0.137 e. The zero-order chi connectivity index (χ0) is 23.2. The first-order chi connectivity index (χ1) is 15.6. The third kappa shape index (κ3) is 8.90. The van der Waals surface area contributed by atoms with Crippen LogP contribution in [0, 0.1) is 0 Å². The fourth-order valence-corrected chi connectivity index (χ4v) is 3.94. The van der Waals surface area contributed by atoms with Gasteiger partial charge in [-0.1, -0.05) is 71.1 Å². The number of aliphatic hydroxyl groups excluding tert-OH is 1. The molecule has 1 heterocycles. The van der Waals surface area contributed by atoms with Crippen molar-refractivity contribution in [2.45, 2.75) is 110 Å². The minimum Gasteiger partial charge on any atom is -0.487 e. The molecule has 4 heteroatoms. The van der Waals surface area contributed by atoms with E-state index in [2.05, 4.69) is 24.9 Å². The summed E-state index contributed by atoms with van der Waals surface area (Å²) in [6.07, 6.45) is 10.6. The Morgan fingerprint density at radius 2 is 1.69 bits per heavy atom. The van der Waals surface area contributed by atoms with E-state index in [9.17, 15) is 9.50 Å². The van der Waals surface area contributed by atoms with Crippen molar-refractivity contribution in [2.24, 2.45) is 0 Å². The highest BCUT2D eigenvalue weighted by Crippen LogP contribution is 2.31. The van der Waals surface area contributed by atoms with Crippen LogP contribution in [-0.4, -0.2) is 28.5 Å². The molecule has 0 aliphatic rings. The molecule has 0 fully saturated rings. The predicted octanol–water partition coefficient (Wildman–Crippen LogP) is 7.70. The smallest absolute Gasteiger partial charge is 0.137 e. The summed E-state index contributed by atoms with van der Waals surface area (Å²) in [6.45, 7) is 6.17. The summed E-state index contributed by atoms with van der Waals surface area (Å²) in [5.41, 5.74) is 2.83. The van der Waals surface area contributed by atoms with Gasteiger partial charge in [0.2, 0.25) is 0 Å². The summed E-state index contributed by atoms with van der Waals surface area (Å²) in [5, 5.41) is 10.2. The van der Waals surface area contributed by atoms with Crippen molar-refractivity contribution in [1.82, 2.24) is 4.98 Å². The molecule has 0 aliphatic carbocycles. The van der Waals surface area contributed by atoms with Gasteiger partial charge in [-0.05, 0) is 62.3 Å². The summed E-state index contributed by atoms with van der Waals surface area (Å²) >= 11 is 0. The summed E-state index contributed by atoms with van der Waals surface area (Å²) in [4.78, 5) is 4.65. The van der Waals surface area contributed by atoms with Gasteiger partial charge < -0.3 is 9.84 Å². The molecule has 178 valence electrons. The molecule has 0 radical (unpaired) electrons. The van der Waals surface area contributed by atoms with E-state index >= 15 is 0 Å². The number of aromatic nitrogens is 1. The summed E-state index contributed by atoms with van der Waals surface area (Å²) < 4.78 is 20.7. The van der Waals surface area contributed by atoms with Crippen LogP contribution < -0.4 is 4.74 Å². The van der Waals surface area contributed by atoms with Gasteiger partial charge in [-0.15, -0.1) is 0 Å². The zero-order valence-corrected chi connectivity index (χ0v) is 20.2. The average molecular weight is 444 g/mol. The number of para-hydroxylation sites is 1. The number of aliphatic hydroxyl groups is 1. The number of ether oxygens (including phenoxy) is 1. The van der Waals surface area contributed by atoms with Crippen LogP contribution in [0.3, 0.4) is 0 Å². The van der Waals surface area contributed by atoms with E-state index in [-0.39, 0.29) is 6.10 Å². The van der Waals surface area contributed by atoms with Crippen LogP contribution in [0.25, 0.3) is 11.3 Å². The Kier molecular flexibility index (Phi) is 12.3. The van der Waals surface area contributed by atoms with Gasteiger partial charge in [-0.2, -0.15) is 0 Å². The molecular weight excluding hydrogens is 401 g/mol.